The van der Waals surface area contributed by atoms with Gasteiger partial charge >= 0.3 is 0 Å². The third-order valence-electron chi connectivity index (χ3n) is 5.53. The van der Waals surface area contributed by atoms with Crippen molar-refractivity contribution in [2.75, 3.05) is 26.7 Å². The van der Waals surface area contributed by atoms with Crippen molar-refractivity contribution in [2.24, 2.45) is 11.8 Å². The third kappa shape index (κ3) is 7.41. The van der Waals surface area contributed by atoms with Crippen molar-refractivity contribution >= 4 is 16.7 Å². The number of nitrogens with one attached hydrogen (secondary N) is 2. The van der Waals surface area contributed by atoms with E-state index in [2.05, 4.69) is 86.6 Å². The number of carbonyl (C=O) groups is 1. The van der Waals surface area contributed by atoms with Gasteiger partial charge in [-0.25, -0.2) is 0 Å². The summed E-state index contributed by atoms with van der Waals surface area (Å²) in [6, 6.07) is 14.4. The molecule has 0 saturated carbocycles. The van der Waals surface area contributed by atoms with Gasteiger partial charge in [0.2, 0.25) is 5.91 Å². The van der Waals surface area contributed by atoms with Gasteiger partial charge in [0.25, 0.3) is 0 Å². The Bertz CT molecular complexity index is 771. The first-order valence-electron chi connectivity index (χ1n) is 11.5. The molecule has 0 heterocycles. The number of fused-ring (bicyclic) bond motifs is 1. The van der Waals surface area contributed by atoms with Gasteiger partial charge in [-0.05, 0) is 61.5 Å². The highest BCUT2D eigenvalue weighted by atomic mass is 16.2. The fourth-order valence-electron chi connectivity index (χ4n) is 4.24. The summed E-state index contributed by atoms with van der Waals surface area (Å²) in [5, 5.41) is 8.85. The molecule has 1 amide bonds. The number of amides is 1. The molecular formula is C26H41N3O. The SMILES string of the molecule is CNC(CCCN(CC(C)C)CC(C)C)C(=O)N[C@@H](C)c1cccc2ccccc12. The average Bonchev–Trinajstić information content (AvgIpc) is 2.69. The average molecular weight is 412 g/mol. The summed E-state index contributed by atoms with van der Waals surface area (Å²) in [6.07, 6.45) is 1.86. The molecule has 0 aliphatic rings. The lowest BCUT2D eigenvalue weighted by Gasteiger charge is -2.27. The van der Waals surface area contributed by atoms with Crippen LogP contribution in [0.3, 0.4) is 0 Å². The molecule has 30 heavy (non-hydrogen) atoms. The van der Waals surface area contributed by atoms with E-state index in [1.807, 2.05) is 13.1 Å². The molecule has 2 rings (SSSR count). The van der Waals surface area contributed by atoms with Crippen molar-refractivity contribution in [3.05, 3.63) is 48.0 Å². The molecular weight excluding hydrogens is 370 g/mol. The smallest absolute Gasteiger partial charge is 0.237 e. The molecule has 0 bridgehead atoms. The monoisotopic (exact) mass is 411 g/mol. The molecule has 0 fully saturated rings. The van der Waals surface area contributed by atoms with Crippen LogP contribution in [0.25, 0.3) is 10.8 Å². The highest BCUT2D eigenvalue weighted by Gasteiger charge is 2.20. The Morgan fingerprint density at radius 2 is 1.57 bits per heavy atom. The van der Waals surface area contributed by atoms with Crippen LogP contribution in [-0.2, 0) is 4.79 Å². The molecule has 0 radical (unpaired) electrons. The van der Waals surface area contributed by atoms with E-state index < -0.39 is 0 Å². The van der Waals surface area contributed by atoms with E-state index in [-0.39, 0.29) is 18.0 Å². The normalized spacial score (nSPS) is 13.9. The van der Waals surface area contributed by atoms with Gasteiger partial charge in [-0.2, -0.15) is 0 Å². The standard InChI is InChI=1S/C26H41N3O/c1-19(2)17-29(18-20(3)4)16-10-15-25(27-6)26(30)28-21(5)23-14-9-12-22-11-7-8-13-24(22)23/h7-9,11-14,19-21,25,27H,10,15-18H2,1-6H3,(H,28,30)/t21-,25?/m0/s1. The van der Waals surface area contributed by atoms with Crippen LogP contribution in [0.4, 0.5) is 0 Å². The first-order valence-corrected chi connectivity index (χ1v) is 11.5. The molecule has 0 saturated heterocycles. The van der Waals surface area contributed by atoms with Crippen LogP contribution in [-0.4, -0.2) is 43.5 Å². The zero-order valence-electron chi connectivity index (χ0n) is 19.7. The predicted molar refractivity (Wildman–Crippen MR) is 129 cm³/mol. The first kappa shape index (κ1) is 24.4. The number of hydrogen-bond acceptors (Lipinski definition) is 3. The summed E-state index contributed by atoms with van der Waals surface area (Å²) in [7, 11) is 1.88. The van der Waals surface area contributed by atoms with E-state index in [0.717, 1.165) is 38.0 Å². The van der Waals surface area contributed by atoms with Crippen LogP contribution in [0, 0.1) is 11.8 Å². The number of carbonyl (C=O) groups excluding carboxylic acids is 1. The molecule has 2 atom stereocenters. The van der Waals surface area contributed by atoms with Crippen LogP contribution in [0.2, 0.25) is 0 Å². The summed E-state index contributed by atoms with van der Waals surface area (Å²) in [6.45, 7) is 14.4. The Hall–Kier alpha value is -1.91. The summed E-state index contributed by atoms with van der Waals surface area (Å²) < 4.78 is 0. The zero-order chi connectivity index (χ0) is 22.1. The van der Waals surface area contributed by atoms with Crippen molar-refractivity contribution in [1.82, 2.24) is 15.5 Å². The topological polar surface area (TPSA) is 44.4 Å². The van der Waals surface area contributed by atoms with Gasteiger partial charge in [0.15, 0.2) is 0 Å². The highest BCUT2D eigenvalue weighted by Crippen LogP contribution is 2.24. The minimum atomic E-state index is -0.164. The second-order valence-electron chi connectivity index (χ2n) is 9.33. The van der Waals surface area contributed by atoms with Crippen molar-refractivity contribution < 1.29 is 4.79 Å². The molecule has 4 heteroatoms. The van der Waals surface area contributed by atoms with Crippen molar-refractivity contribution in [3.63, 3.8) is 0 Å². The summed E-state index contributed by atoms with van der Waals surface area (Å²) in [4.78, 5) is 15.5. The van der Waals surface area contributed by atoms with Crippen molar-refractivity contribution in [2.45, 2.75) is 59.5 Å². The van der Waals surface area contributed by atoms with Gasteiger partial charge in [0.1, 0.15) is 0 Å². The molecule has 166 valence electrons. The highest BCUT2D eigenvalue weighted by molar-refractivity contribution is 5.87. The number of benzene rings is 2. The fourth-order valence-corrected chi connectivity index (χ4v) is 4.24. The first-order chi connectivity index (χ1) is 14.3. The molecule has 2 N–H and O–H groups in total. The van der Waals surface area contributed by atoms with Crippen molar-refractivity contribution in [3.8, 4) is 0 Å². The minimum Gasteiger partial charge on any atom is -0.348 e. The largest absolute Gasteiger partial charge is 0.348 e. The van der Waals surface area contributed by atoms with Crippen LogP contribution < -0.4 is 10.6 Å². The van der Waals surface area contributed by atoms with Crippen LogP contribution in [0.15, 0.2) is 42.5 Å². The maximum Gasteiger partial charge on any atom is 0.237 e. The van der Waals surface area contributed by atoms with E-state index in [9.17, 15) is 4.79 Å². The predicted octanol–water partition coefficient (Wildman–Crippen LogP) is 5.00. The Balaban J connectivity index is 1.93. The van der Waals surface area contributed by atoms with Gasteiger partial charge in [-0.3, -0.25) is 4.79 Å². The molecule has 0 aliphatic carbocycles. The van der Waals surface area contributed by atoms with Crippen LogP contribution in [0.5, 0.6) is 0 Å². The molecule has 0 spiro atoms. The molecule has 2 aromatic carbocycles. The van der Waals surface area contributed by atoms with Gasteiger partial charge in [-0.15, -0.1) is 0 Å². The van der Waals surface area contributed by atoms with E-state index >= 15 is 0 Å². The maximum atomic E-state index is 12.9. The van der Waals surface area contributed by atoms with E-state index in [4.69, 9.17) is 0 Å². The number of rotatable bonds is 12. The summed E-state index contributed by atoms with van der Waals surface area (Å²) >= 11 is 0. The molecule has 2 aromatic rings. The second kappa shape index (κ2) is 12.1. The lowest BCUT2D eigenvalue weighted by Crippen LogP contribution is -2.44. The molecule has 4 nitrogen and oxygen atoms in total. The van der Waals surface area contributed by atoms with E-state index in [0.29, 0.717) is 11.8 Å². The number of hydrogen-bond donors (Lipinski definition) is 2. The van der Waals surface area contributed by atoms with Gasteiger partial charge in [0.05, 0.1) is 12.1 Å². The fraction of sp³-hybridized carbons (Fsp3) is 0.577. The Kier molecular flexibility index (Phi) is 9.80. The quantitative estimate of drug-likeness (QED) is 0.517. The van der Waals surface area contributed by atoms with Crippen molar-refractivity contribution in [1.29, 1.82) is 0 Å². The number of likely N-dealkylation sites (N-methyl/N-ethyl adjacent to an activating group) is 1. The number of nitrogens with zero attached hydrogens (tertiary/aromatic N) is 1. The van der Waals surface area contributed by atoms with E-state index in [1.54, 1.807) is 0 Å². The van der Waals surface area contributed by atoms with Crippen LogP contribution >= 0.6 is 0 Å². The molecule has 0 aromatic heterocycles. The lowest BCUT2D eigenvalue weighted by atomic mass is 9.99. The zero-order valence-corrected chi connectivity index (χ0v) is 19.7. The van der Waals surface area contributed by atoms with Gasteiger partial charge in [-0.1, -0.05) is 70.2 Å². The minimum absolute atomic E-state index is 0.0298. The van der Waals surface area contributed by atoms with Crippen LogP contribution in [0.1, 0.15) is 59.1 Å². The molecule has 0 aliphatic heterocycles. The summed E-state index contributed by atoms with van der Waals surface area (Å²) in [5.74, 6) is 1.40. The Labute approximate surface area is 183 Å². The van der Waals surface area contributed by atoms with Gasteiger partial charge < -0.3 is 15.5 Å². The second-order valence-corrected chi connectivity index (χ2v) is 9.33. The Morgan fingerprint density at radius 1 is 0.933 bits per heavy atom. The van der Waals surface area contributed by atoms with Gasteiger partial charge in [0, 0.05) is 13.1 Å². The lowest BCUT2D eigenvalue weighted by molar-refractivity contribution is -0.123. The maximum absolute atomic E-state index is 12.9. The van der Waals surface area contributed by atoms with E-state index in [1.165, 1.54) is 10.8 Å². The molecule has 1 unspecified atom stereocenters. The third-order valence-corrected chi connectivity index (χ3v) is 5.53. The summed E-state index contributed by atoms with van der Waals surface area (Å²) in [5.41, 5.74) is 1.16. The Morgan fingerprint density at radius 3 is 2.20 bits per heavy atom.